The Labute approximate surface area is 206 Å². The van der Waals surface area contributed by atoms with Crippen LogP contribution in [-0.2, 0) is 6.18 Å². The van der Waals surface area contributed by atoms with Gasteiger partial charge in [0.25, 0.3) is 5.91 Å². The van der Waals surface area contributed by atoms with Crippen LogP contribution in [0.3, 0.4) is 0 Å². The summed E-state index contributed by atoms with van der Waals surface area (Å²) in [4.78, 5) is 18.9. The fourth-order valence-corrected chi connectivity index (χ4v) is 4.52. The zero-order chi connectivity index (χ0) is 25.3. The Morgan fingerprint density at radius 3 is 2.47 bits per heavy atom. The molecule has 1 aliphatic rings. The molecule has 1 aromatic heterocycles. The van der Waals surface area contributed by atoms with E-state index in [2.05, 4.69) is 10.3 Å². The Morgan fingerprint density at radius 2 is 1.75 bits per heavy atom. The number of fused-ring (bicyclic) bond motifs is 1. The molecule has 1 fully saturated rings. The first-order valence-corrected chi connectivity index (χ1v) is 11.7. The SMILES string of the molecule is O=C(Nc1ccc(-c2cccc3cnccc23)cc1)c1cc(N2CCC(O)CC2)cc(C(F)(F)F)c1. The number of piperidine rings is 1. The minimum absolute atomic E-state index is 0.0726. The molecular formula is C28H24F3N3O2. The van der Waals surface area contributed by atoms with Gasteiger partial charge in [-0.1, -0.05) is 30.3 Å². The number of halogens is 3. The van der Waals surface area contributed by atoms with Crippen molar-refractivity contribution in [1.29, 1.82) is 0 Å². The molecule has 36 heavy (non-hydrogen) atoms. The normalized spacial score (nSPS) is 14.7. The number of nitrogens with zero attached hydrogens (tertiary/aromatic N) is 2. The lowest BCUT2D eigenvalue weighted by Gasteiger charge is -2.32. The van der Waals surface area contributed by atoms with Crippen LogP contribution in [0.1, 0.15) is 28.8 Å². The third-order valence-electron chi connectivity index (χ3n) is 6.47. The first-order chi connectivity index (χ1) is 17.3. The van der Waals surface area contributed by atoms with E-state index in [0.717, 1.165) is 34.0 Å². The van der Waals surface area contributed by atoms with E-state index in [4.69, 9.17) is 0 Å². The number of carbonyl (C=O) groups is 1. The summed E-state index contributed by atoms with van der Waals surface area (Å²) in [5, 5.41) is 14.5. The van der Waals surface area contributed by atoms with Crippen molar-refractivity contribution in [3.8, 4) is 11.1 Å². The number of amides is 1. The monoisotopic (exact) mass is 491 g/mol. The number of anilines is 2. The molecule has 0 spiro atoms. The van der Waals surface area contributed by atoms with Crippen LogP contribution in [0.25, 0.3) is 21.9 Å². The second-order valence-corrected chi connectivity index (χ2v) is 8.92. The standard InChI is InChI=1S/C28H24F3N3O2/c29-28(30,31)21-14-20(15-23(16-21)34-12-9-24(35)10-13-34)27(36)33-22-6-4-18(5-7-22)25-3-1-2-19-17-32-11-8-26(19)25/h1-8,11,14-17,24,35H,9-10,12-13H2,(H,33,36). The molecule has 4 aromatic rings. The average Bonchev–Trinajstić information content (AvgIpc) is 2.88. The molecule has 0 saturated carbocycles. The van der Waals surface area contributed by atoms with Crippen LogP contribution in [0, 0.1) is 0 Å². The molecule has 2 heterocycles. The van der Waals surface area contributed by atoms with E-state index < -0.39 is 23.8 Å². The summed E-state index contributed by atoms with van der Waals surface area (Å²) < 4.78 is 40.8. The molecule has 3 aromatic carbocycles. The van der Waals surface area contributed by atoms with E-state index in [1.807, 2.05) is 36.4 Å². The van der Waals surface area contributed by atoms with Gasteiger partial charge in [0.05, 0.1) is 11.7 Å². The van der Waals surface area contributed by atoms with Gasteiger partial charge in [0.1, 0.15) is 0 Å². The van der Waals surface area contributed by atoms with Crippen molar-refractivity contribution in [2.45, 2.75) is 25.1 Å². The zero-order valence-corrected chi connectivity index (χ0v) is 19.3. The number of nitrogens with one attached hydrogen (secondary N) is 1. The van der Waals surface area contributed by atoms with Crippen LogP contribution >= 0.6 is 0 Å². The van der Waals surface area contributed by atoms with Crippen molar-refractivity contribution < 1.29 is 23.1 Å². The van der Waals surface area contributed by atoms with Crippen LogP contribution < -0.4 is 10.2 Å². The Balaban J connectivity index is 1.39. The van der Waals surface area contributed by atoms with Crippen molar-refractivity contribution in [2.24, 2.45) is 0 Å². The number of hydrogen-bond donors (Lipinski definition) is 2. The Morgan fingerprint density at radius 1 is 1.00 bits per heavy atom. The van der Waals surface area contributed by atoms with E-state index in [0.29, 0.717) is 37.3 Å². The molecule has 8 heteroatoms. The minimum Gasteiger partial charge on any atom is -0.393 e. The summed E-state index contributed by atoms with van der Waals surface area (Å²) in [6.07, 6.45) is -0.577. The summed E-state index contributed by atoms with van der Waals surface area (Å²) in [6.45, 7) is 0.852. The molecule has 184 valence electrons. The molecule has 5 rings (SSSR count). The Bertz CT molecular complexity index is 1390. The maximum absolute atomic E-state index is 13.6. The maximum atomic E-state index is 13.6. The average molecular weight is 492 g/mol. The third-order valence-corrected chi connectivity index (χ3v) is 6.47. The van der Waals surface area contributed by atoms with E-state index >= 15 is 0 Å². The number of carbonyl (C=O) groups excluding carboxylic acids is 1. The van der Waals surface area contributed by atoms with Gasteiger partial charge in [-0.3, -0.25) is 9.78 Å². The number of aliphatic hydroxyl groups is 1. The second-order valence-electron chi connectivity index (χ2n) is 8.92. The number of benzene rings is 3. The molecule has 1 amide bonds. The van der Waals surface area contributed by atoms with E-state index in [-0.39, 0.29) is 5.56 Å². The van der Waals surface area contributed by atoms with E-state index in [1.54, 1.807) is 29.4 Å². The van der Waals surface area contributed by atoms with Crippen LogP contribution in [-0.4, -0.2) is 35.2 Å². The summed E-state index contributed by atoms with van der Waals surface area (Å²) in [7, 11) is 0. The first kappa shape index (κ1) is 23.8. The summed E-state index contributed by atoms with van der Waals surface area (Å²) >= 11 is 0. The molecule has 5 nitrogen and oxygen atoms in total. The number of aromatic nitrogens is 1. The molecular weight excluding hydrogens is 467 g/mol. The molecule has 0 atom stereocenters. The van der Waals surface area contributed by atoms with Crippen LogP contribution in [0.15, 0.2) is 79.1 Å². The highest BCUT2D eigenvalue weighted by atomic mass is 19.4. The van der Waals surface area contributed by atoms with E-state index in [9.17, 15) is 23.1 Å². The molecule has 0 unspecified atom stereocenters. The van der Waals surface area contributed by atoms with Crippen LogP contribution in [0.2, 0.25) is 0 Å². The molecule has 0 aliphatic carbocycles. The highest BCUT2D eigenvalue weighted by Gasteiger charge is 2.32. The maximum Gasteiger partial charge on any atom is 0.416 e. The zero-order valence-electron chi connectivity index (χ0n) is 19.3. The lowest BCUT2D eigenvalue weighted by Crippen LogP contribution is -2.36. The molecule has 0 bridgehead atoms. The van der Waals surface area contributed by atoms with Gasteiger partial charge in [-0.05, 0) is 65.8 Å². The van der Waals surface area contributed by atoms with Crippen molar-refractivity contribution in [3.05, 3.63) is 90.3 Å². The Hall–Kier alpha value is -3.91. The van der Waals surface area contributed by atoms with E-state index in [1.165, 1.54) is 6.07 Å². The van der Waals surface area contributed by atoms with Crippen molar-refractivity contribution >= 4 is 28.1 Å². The number of rotatable bonds is 4. The number of aliphatic hydroxyl groups excluding tert-OH is 1. The van der Waals surface area contributed by atoms with Gasteiger partial charge in [-0.25, -0.2) is 0 Å². The lowest BCUT2D eigenvalue weighted by atomic mass is 9.99. The quantitative estimate of drug-likeness (QED) is 0.360. The predicted molar refractivity (Wildman–Crippen MR) is 134 cm³/mol. The highest BCUT2D eigenvalue weighted by molar-refractivity contribution is 6.05. The number of pyridine rings is 1. The smallest absolute Gasteiger partial charge is 0.393 e. The first-order valence-electron chi connectivity index (χ1n) is 11.7. The lowest BCUT2D eigenvalue weighted by molar-refractivity contribution is -0.137. The van der Waals surface area contributed by atoms with Gasteiger partial charge in [0.15, 0.2) is 0 Å². The predicted octanol–water partition coefficient (Wildman–Crippen LogP) is 6.13. The van der Waals surface area contributed by atoms with Gasteiger partial charge in [0, 0.05) is 47.8 Å². The molecule has 0 radical (unpaired) electrons. The second kappa shape index (κ2) is 9.62. The topological polar surface area (TPSA) is 65.5 Å². The largest absolute Gasteiger partial charge is 0.416 e. The third kappa shape index (κ3) is 5.04. The Kier molecular flexibility index (Phi) is 6.36. The summed E-state index contributed by atoms with van der Waals surface area (Å²) in [5.41, 5.74) is 1.81. The molecule has 1 aliphatic heterocycles. The molecule has 1 saturated heterocycles. The van der Waals surface area contributed by atoms with Gasteiger partial charge in [-0.15, -0.1) is 0 Å². The number of alkyl halides is 3. The summed E-state index contributed by atoms with van der Waals surface area (Å²) in [6, 6.07) is 18.5. The van der Waals surface area contributed by atoms with Crippen molar-refractivity contribution in [1.82, 2.24) is 4.98 Å². The molecule has 2 N–H and O–H groups in total. The van der Waals surface area contributed by atoms with Crippen molar-refractivity contribution in [3.63, 3.8) is 0 Å². The van der Waals surface area contributed by atoms with Gasteiger partial charge >= 0.3 is 6.18 Å². The summed E-state index contributed by atoms with van der Waals surface area (Å²) in [5.74, 6) is -0.622. The van der Waals surface area contributed by atoms with Gasteiger partial charge < -0.3 is 15.3 Å². The number of hydrogen-bond acceptors (Lipinski definition) is 4. The highest BCUT2D eigenvalue weighted by Crippen LogP contribution is 2.34. The van der Waals surface area contributed by atoms with Crippen LogP contribution in [0.4, 0.5) is 24.5 Å². The van der Waals surface area contributed by atoms with Gasteiger partial charge in [-0.2, -0.15) is 13.2 Å². The van der Waals surface area contributed by atoms with Crippen molar-refractivity contribution in [2.75, 3.05) is 23.3 Å². The van der Waals surface area contributed by atoms with Crippen LogP contribution in [0.5, 0.6) is 0 Å². The minimum atomic E-state index is -4.59. The fourth-order valence-electron chi connectivity index (χ4n) is 4.52. The fraction of sp³-hybridized carbons (Fsp3) is 0.214. The van der Waals surface area contributed by atoms with Gasteiger partial charge in [0.2, 0.25) is 0 Å².